The molecule has 15 nitrogen and oxygen atoms in total. The SMILES string of the molecule is CC1(C)CC[C@]2(C(=O)O[C@@H]3O[C@H](CO)[C@@H](O[C@@H]4O[C@H](C(=O)O)[C@@H](O)[C@H](O)[C@H]4O)[C@H](O)[C@H]3O)CC[C@]3(C)C(=CC[C@@H]4[C@@]5(C)CC[C@H](O)[C@@](C)(CO)[C@@H]5CC[C@]43C)[C@@H]2C1. The van der Waals surface area contributed by atoms with Crippen LogP contribution in [0.1, 0.15) is 106 Å². The van der Waals surface area contributed by atoms with Crippen LogP contribution in [0, 0.1) is 50.2 Å². The highest BCUT2D eigenvalue weighted by Crippen LogP contribution is 2.76. The summed E-state index contributed by atoms with van der Waals surface area (Å²) in [7, 11) is 0. The van der Waals surface area contributed by atoms with Crippen molar-refractivity contribution < 1.29 is 74.5 Å². The highest BCUT2D eigenvalue weighted by atomic mass is 16.7. The van der Waals surface area contributed by atoms with Crippen LogP contribution in [0.2, 0.25) is 0 Å². The summed E-state index contributed by atoms with van der Waals surface area (Å²) in [5.74, 6) is -1.89. The van der Waals surface area contributed by atoms with Crippen molar-refractivity contribution in [3.63, 3.8) is 0 Å². The third-order valence-electron chi connectivity index (χ3n) is 17.3. The van der Waals surface area contributed by atoms with E-state index in [2.05, 4.69) is 40.7 Å². The molecule has 57 heavy (non-hydrogen) atoms. The summed E-state index contributed by atoms with van der Waals surface area (Å²) in [5, 5.41) is 94.9. The molecule has 9 N–H and O–H groups in total. The molecule has 0 aromatic carbocycles. The lowest BCUT2D eigenvalue weighted by Gasteiger charge is -2.71. The van der Waals surface area contributed by atoms with Crippen LogP contribution >= 0.6 is 0 Å². The van der Waals surface area contributed by atoms with Gasteiger partial charge in [-0.25, -0.2) is 4.79 Å². The fourth-order valence-electron chi connectivity index (χ4n) is 13.5. The zero-order valence-electron chi connectivity index (χ0n) is 34.1. The normalized spacial score (nSPS) is 53.3. The third kappa shape index (κ3) is 6.39. The van der Waals surface area contributed by atoms with Crippen LogP contribution in [0.3, 0.4) is 0 Å². The Labute approximate surface area is 334 Å². The van der Waals surface area contributed by atoms with Gasteiger partial charge in [-0.2, -0.15) is 0 Å². The van der Waals surface area contributed by atoms with Gasteiger partial charge >= 0.3 is 11.9 Å². The minimum atomic E-state index is -1.99. The Hall–Kier alpha value is -1.76. The molecule has 0 amide bonds. The first kappa shape index (κ1) is 43.3. The molecule has 7 rings (SSSR count). The maximum Gasteiger partial charge on any atom is 0.335 e. The Morgan fingerprint density at radius 2 is 1.44 bits per heavy atom. The Balaban J connectivity index is 1.14. The number of hydrogen-bond acceptors (Lipinski definition) is 14. The topological polar surface area (TPSA) is 253 Å². The molecule has 0 aromatic rings. The maximum atomic E-state index is 14.8. The number of aliphatic hydroxyl groups excluding tert-OH is 8. The lowest BCUT2D eigenvalue weighted by atomic mass is 9.33. The second-order valence-corrected chi connectivity index (χ2v) is 20.5. The molecule has 7 aliphatic rings. The molecule has 0 spiro atoms. The lowest BCUT2D eigenvalue weighted by Crippen LogP contribution is -2.66. The van der Waals surface area contributed by atoms with Crippen molar-refractivity contribution in [1.29, 1.82) is 0 Å². The minimum Gasteiger partial charge on any atom is -0.479 e. The number of rotatable bonds is 7. The zero-order valence-corrected chi connectivity index (χ0v) is 34.1. The van der Waals surface area contributed by atoms with Crippen LogP contribution in [0.25, 0.3) is 0 Å². The predicted octanol–water partition coefficient (Wildman–Crippen LogP) is 1.38. The van der Waals surface area contributed by atoms with Crippen molar-refractivity contribution in [2.75, 3.05) is 13.2 Å². The van der Waals surface area contributed by atoms with Crippen molar-refractivity contribution in [2.24, 2.45) is 50.2 Å². The molecule has 0 unspecified atom stereocenters. The highest BCUT2D eigenvalue weighted by Gasteiger charge is 2.70. The van der Waals surface area contributed by atoms with E-state index >= 15 is 0 Å². The minimum absolute atomic E-state index is 0.0540. The van der Waals surface area contributed by atoms with Crippen molar-refractivity contribution in [3.05, 3.63) is 11.6 Å². The van der Waals surface area contributed by atoms with E-state index in [4.69, 9.17) is 18.9 Å². The Morgan fingerprint density at radius 3 is 2.09 bits per heavy atom. The molecular weight excluding hydrogens is 744 g/mol. The van der Waals surface area contributed by atoms with Gasteiger partial charge < -0.3 is 64.9 Å². The van der Waals surface area contributed by atoms with Gasteiger partial charge in [-0.1, -0.05) is 53.2 Å². The van der Waals surface area contributed by atoms with Gasteiger partial charge in [-0.15, -0.1) is 0 Å². The molecular formula is C42H66O15. The number of carbonyl (C=O) groups is 2. The molecule has 4 saturated carbocycles. The molecule has 15 heteroatoms. The second kappa shape index (κ2) is 14.7. The van der Waals surface area contributed by atoms with Gasteiger partial charge in [-0.05, 0) is 104 Å². The number of allylic oxidation sites excluding steroid dienone is 2. The third-order valence-corrected chi connectivity index (χ3v) is 17.3. The number of carboxylic acids is 1. The summed E-state index contributed by atoms with van der Waals surface area (Å²) in [5.41, 5.74) is -0.762. The Bertz CT molecular complexity index is 1590. The smallest absolute Gasteiger partial charge is 0.335 e. The van der Waals surface area contributed by atoms with E-state index in [1.54, 1.807) is 0 Å². The molecule has 0 aromatic heterocycles. The summed E-state index contributed by atoms with van der Waals surface area (Å²) in [6, 6.07) is 0. The first-order chi connectivity index (χ1) is 26.5. The van der Waals surface area contributed by atoms with Crippen molar-refractivity contribution >= 4 is 11.9 Å². The van der Waals surface area contributed by atoms with Crippen LogP contribution in [0.5, 0.6) is 0 Å². The molecule has 2 aliphatic heterocycles. The van der Waals surface area contributed by atoms with Crippen molar-refractivity contribution in [1.82, 2.24) is 0 Å². The first-order valence-electron chi connectivity index (χ1n) is 21.0. The van der Waals surface area contributed by atoms with Gasteiger partial charge in [0.2, 0.25) is 6.29 Å². The molecule has 2 heterocycles. The van der Waals surface area contributed by atoms with Crippen LogP contribution < -0.4 is 0 Å². The largest absolute Gasteiger partial charge is 0.479 e. The summed E-state index contributed by atoms with van der Waals surface area (Å²) < 4.78 is 22.7. The van der Waals surface area contributed by atoms with E-state index in [0.717, 1.165) is 44.9 Å². The van der Waals surface area contributed by atoms with Crippen molar-refractivity contribution in [3.8, 4) is 0 Å². The highest BCUT2D eigenvalue weighted by molar-refractivity contribution is 5.79. The van der Waals surface area contributed by atoms with Crippen molar-refractivity contribution in [2.45, 2.75) is 173 Å². The van der Waals surface area contributed by atoms with Crippen LogP contribution in [0.15, 0.2) is 11.6 Å². The predicted molar refractivity (Wildman–Crippen MR) is 200 cm³/mol. The average molecular weight is 811 g/mol. The number of carboxylic acid groups (broad SMARTS) is 1. The van der Waals surface area contributed by atoms with Crippen LogP contribution in [0.4, 0.5) is 0 Å². The Kier molecular flexibility index (Phi) is 11.2. The summed E-state index contributed by atoms with van der Waals surface area (Å²) in [6.07, 6.45) is -9.02. The quantitative estimate of drug-likeness (QED) is 0.130. The van der Waals surface area contributed by atoms with Gasteiger partial charge in [-0.3, -0.25) is 4.79 Å². The number of ether oxygens (including phenoxy) is 4. The number of carbonyl (C=O) groups excluding carboxylic acids is 1. The summed E-state index contributed by atoms with van der Waals surface area (Å²) in [4.78, 5) is 26.4. The number of aliphatic hydroxyl groups is 8. The fraction of sp³-hybridized carbons (Fsp3) is 0.905. The summed E-state index contributed by atoms with van der Waals surface area (Å²) in [6.45, 7) is 12.8. The van der Waals surface area contributed by atoms with Crippen LogP contribution in [-0.4, -0.2) is 139 Å². The average Bonchev–Trinajstić information content (AvgIpc) is 3.16. The molecule has 19 atom stereocenters. The van der Waals surface area contributed by atoms with Gasteiger partial charge in [0.25, 0.3) is 0 Å². The zero-order chi connectivity index (χ0) is 41.8. The molecule has 0 bridgehead atoms. The van der Waals surface area contributed by atoms with E-state index in [9.17, 15) is 55.5 Å². The molecule has 5 aliphatic carbocycles. The number of hydrogen-bond donors (Lipinski definition) is 9. The van der Waals surface area contributed by atoms with E-state index in [1.165, 1.54) is 5.57 Å². The van der Waals surface area contributed by atoms with E-state index in [1.807, 2.05) is 6.92 Å². The van der Waals surface area contributed by atoms with Gasteiger partial charge in [0.1, 0.15) is 42.7 Å². The Morgan fingerprint density at radius 1 is 0.772 bits per heavy atom. The number of aliphatic carboxylic acids is 1. The van der Waals surface area contributed by atoms with Gasteiger partial charge in [0.15, 0.2) is 12.4 Å². The fourth-order valence-corrected chi connectivity index (χ4v) is 13.5. The monoisotopic (exact) mass is 810 g/mol. The standard InChI is InChI=1S/C42H66O15/c1-37(2)13-15-42(36(53)57-34-30(50)28(48)31(22(18-43)54-34)55-35-29(49)26(46)27(47)32(56-35)33(51)52)16-14-40(5)20(21(42)17-37)7-8-24-38(3)11-10-25(45)39(4,19-44)23(38)9-12-41(24,40)6/h7,21-32,34-35,43-50H,8-19H2,1-6H3,(H,51,52)/t21-,22+,23+,24+,25-,26-,27-,28+,29+,30+,31+,32-,34-,35+,38-,39-,40+,41+,42-/m0/s1. The van der Waals surface area contributed by atoms with E-state index in [0.29, 0.717) is 25.2 Å². The van der Waals surface area contributed by atoms with Gasteiger partial charge in [0.05, 0.1) is 24.7 Å². The molecule has 2 saturated heterocycles. The number of fused-ring (bicyclic) bond motifs is 7. The second-order valence-electron chi connectivity index (χ2n) is 20.5. The summed E-state index contributed by atoms with van der Waals surface area (Å²) >= 11 is 0. The van der Waals surface area contributed by atoms with Gasteiger partial charge in [0, 0.05) is 5.41 Å². The van der Waals surface area contributed by atoms with E-state index < -0.39 is 96.9 Å². The van der Waals surface area contributed by atoms with Crippen LogP contribution in [-0.2, 0) is 28.5 Å². The van der Waals surface area contributed by atoms with E-state index in [-0.39, 0.29) is 40.1 Å². The lowest BCUT2D eigenvalue weighted by molar-refractivity contribution is -0.353. The number of esters is 1. The molecule has 6 fully saturated rings. The maximum absolute atomic E-state index is 14.8. The first-order valence-corrected chi connectivity index (χ1v) is 21.0. The molecule has 324 valence electrons. The molecule has 0 radical (unpaired) electrons.